The van der Waals surface area contributed by atoms with Gasteiger partial charge in [0.15, 0.2) is 0 Å². The van der Waals surface area contributed by atoms with Crippen LogP contribution in [0.4, 0.5) is 0 Å². The van der Waals surface area contributed by atoms with Gasteiger partial charge in [-0.1, -0.05) is 0 Å². The van der Waals surface area contributed by atoms with Gasteiger partial charge >= 0.3 is 0 Å². The van der Waals surface area contributed by atoms with Gasteiger partial charge in [-0.2, -0.15) is 0 Å². The molecule has 0 aliphatic carbocycles. The fourth-order valence-corrected chi connectivity index (χ4v) is 0.848. The van der Waals surface area contributed by atoms with Crippen molar-refractivity contribution in [2.75, 3.05) is 0 Å². The van der Waals surface area contributed by atoms with Gasteiger partial charge in [-0.15, -0.1) is 0 Å². The van der Waals surface area contributed by atoms with Crippen LogP contribution in [0.3, 0.4) is 0 Å². The summed E-state index contributed by atoms with van der Waals surface area (Å²) in [6, 6.07) is -0.537. The van der Waals surface area contributed by atoms with Crippen molar-refractivity contribution in [1.29, 1.82) is 0 Å². The second-order valence-electron chi connectivity index (χ2n) is 2.42. The molecule has 0 saturated heterocycles. The van der Waals surface area contributed by atoms with E-state index in [1.807, 2.05) is 11.6 Å². The van der Waals surface area contributed by atoms with Crippen LogP contribution in [0.5, 0.6) is 0 Å². The summed E-state index contributed by atoms with van der Waals surface area (Å²) in [5.74, 6) is 0. The molecule has 0 aliphatic rings. The summed E-state index contributed by atoms with van der Waals surface area (Å²) in [7, 11) is 1.86. The third-order valence-electron chi connectivity index (χ3n) is 1.50. The molecule has 59 valence electrons. The van der Waals surface area contributed by atoms with Crippen LogP contribution in [0.15, 0.2) is 12.5 Å². The Morgan fingerprint density at radius 1 is 1.91 bits per heavy atom. The van der Waals surface area contributed by atoms with Crippen molar-refractivity contribution < 1.29 is 4.79 Å². The molecule has 0 unspecified atom stereocenters. The van der Waals surface area contributed by atoms with E-state index in [4.69, 9.17) is 5.73 Å². The monoisotopic (exact) mass is 152 g/mol. The smallest absolute Gasteiger partial charge is 0.217 e. The molecule has 4 heteroatoms. The third kappa shape index (κ3) is 1.88. The third-order valence-corrected chi connectivity index (χ3v) is 1.50. The van der Waals surface area contributed by atoms with Gasteiger partial charge in [-0.3, -0.25) is 4.79 Å². The zero-order valence-corrected chi connectivity index (χ0v) is 6.32. The SMILES string of the molecule is Cn1cncc1C[C@H](N)[C]=O. The van der Waals surface area contributed by atoms with Gasteiger partial charge in [0.1, 0.15) is 0 Å². The van der Waals surface area contributed by atoms with Crippen molar-refractivity contribution in [3.63, 3.8) is 0 Å². The van der Waals surface area contributed by atoms with Crippen molar-refractivity contribution in [3.05, 3.63) is 18.2 Å². The Kier molecular flexibility index (Phi) is 2.38. The number of rotatable bonds is 3. The molecule has 1 radical (unpaired) electrons. The molecule has 0 bridgehead atoms. The Labute approximate surface area is 65.0 Å². The number of nitrogens with two attached hydrogens (primary N) is 1. The number of aryl methyl sites for hydroxylation is 1. The van der Waals surface area contributed by atoms with Crippen molar-refractivity contribution in [1.82, 2.24) is 9.55 Å². The van der Waals surface area contributed by atoms with Crippen molar-refractivity contribution in [2.45, 2.75) is 12.5 Å². The maximum absolute atomic E-state index is 10.1. The zero-order chi connectivity index (χ0) is 8.27. The molecule has 1 heterocycles. The highest BCUT2D eigenvalue weighted by molar-refractivity contribution is 5.58. The van der Waals surface area contributed by atoms with Gasteiger partial charge < -0.3 is 10.3 Å². The summed E-state index contributed by atoms with van der Waals surface area (Å²) in [6.07, 6.45) is 5.58. The minimum absolute atomic E-state index is 0.500. The Morgan fingerprint density at radius 2 is 2.64 bits per heavy atom. The molecule has 1 atom stereocenters. The fraction of sp³-hybridized carbons (Fsp3) is 0.429. The van der Waals surface area contributed by atoms with Crippen LogP contribution in [-0.4, -0.2) is 21.9 Å². The lowest BCUT2D eigenvalue weighted by Gasteiger charge is -2.02. The molecule has 0 aliphatic heterocycles. The van der Waals surface area contributed by atoms with Crippen molar-refractivity contribution >= 4 is 6.29 Å². The molecule has 0 amide bonds. The summed E-state index contributed by atoms with van der Waals surface area (Å²) >= 11 is 0. The molecule has 4 nitrogen and oxygen atoms in total. The Bertz CT molecular complexity index is 244. The molecule has 0 fully saturated rings. The van der Waals surface area contributed by atoms with E-state index in [0.717, 1.165) is 5.69 Å². The van der Waals surface area contributed by atoms with Crippen LogP contribution >= 0.6 is 0 Å². The minimum atomic E-state index is -0.537. The number of imidazole rings is 1. The van der Waals surface area contributed by atoms with E-state index in [0.29, 0.717) is 6.42 Å². The first-order chi connectivity index (χ1) is 5.24. The Hall–Kier alpha value is -1.16. The van der Waals surface area contributed by atoms with Gasteiger partial charge in [0, 0.05) is 25.4 Å². The first-order valence-corrected chi connectivity index (χ1v) is 3.32. The highest BCUT2D eigenvalue weighted by Crippen LogP contribution is 1.98. The highest BCUT2D eigenvalue weighted by Gasteiger charge is 2.05. The number of hydrogen-bond donors (Lipinski definition) is 1. The molecule has 1 aromatic rings. The van der Waals surface area contributed by atoms with Crippen LogP contribution < -0.4 is 5.73 Å². The van der Waals surface area contributed by atoms with E-state index in [-0.39, 0.29) is 0 Å². The Balaban J connectivity index is 2.63. The molecule has 0 saturated carbocycles. The molecular weight excluding hydrogens is 142 g/mol. The number of hydrogen-bond acceptors (Lipinski definition) is 3. The lowest BCUT2D eigenvalue weighted by atomic mass is 10.2. The van der Waals surface area contributed by atoms with Gasteiger partial charge in [-0.05, 0) is 0 Å². The highest BCUT2D eigenvalue weighted by atomic mass is 16.1. The maximum Gasteiger partial charge on any atom is 0.217 e. The second-order valence-corrected chi connectivity index (χ2v) is 2.42. The second kappa shape index (κ2) is 3.30. The van der Waals surface area contributed by atoms with E-state index >= 15 is 0 Å². The molecule has 1 aromatic heterocycles. The molecule has 11 heavy (non-hydrogen) atoms. The van der Waals surface area contributed by atoms with Gasteiger partial charge in [0.2, 0.25) is 6.29 Å². The average Bonchev–Trinajstić information content (AvgIpc) is 2.37. The molecule has 0 aromatic carbocycles. The van der Waals surface area contributed by atoms with Gasteiger partial charge in [0.25, 0.3) is 0 Å². The molecular formula is C7H10N3O. The normalized spacial score (nSPS) is 12.9. The Morgan fingerprint density at radius 3 is 3.09 bits per heavy atom. The lowest BCUT2D eigenvalue weighted by Crippen LogP contribution is -2.25. The largest absolute Gasteiger partial charge is 0.338 e. The van der Waals surface area contributed by atoms with Crippen LogP contribution in [0, 0.1) is 0 Å². The van der Waals surface area contributed by atoms with Crippen LogP contribution in [0.2, 0.25) is 0 Å². The summed E-state index contributed by atoms with van der Waals surface area (Å²) in [4.78, 5) is 13.9. The summed E-state index contributed by atoms with van der Waals surface area (Å²) in [5, 5.41) is 0. The number of nitrogens with zero attached hydrogens (tertiary/aromatic N) is 2. The quantitative estimate of drug-likeness (QED) is 0.629. The molecule has 2 N–H and O–H groups in total. The first-order valence-electron chi connectivity index (χ1n) is 3.32. The van der Waals surface area contributed by atoms with E-state index in [2.05, 4.69) is 4.98 Å². The van der Waals surface area contributed by atoms with Crippen LogP contribution in [-0.2, 0) is 18.3 Å². The summed E-state index contributed by atoms with van der Waals surface area (Å²) in [5.41, 5.74) is 6.31. The van der Waals surface area contributed by atoms with Gasteiger partial charge in [-0.25, -0.2) is 4.98 Å². The van der Waals surface area contributed by atoms with E-state index in [1.54, 1.807) is 18.8 Å². The zero-order valence-electron chi connectivity index (χ0n) is 6.32. The van der Waals surface area contributed by atoms with Crippen LogP contribution in [0.1, 0.15) is 5.69 Å². The number of carbonyl (C=O) groups excluding carboxylic acids is 1. The van der Waals surface area contributed by atoms with Crippen molar-refractivity contribution in [2.24, 2.45) is 12.8 Å². The fourth-order valence-electron chi connectivity index (χ4n) is 0.848. The number of aromatic nitrogens is 2. The van der Waals surface area contributed by atoms with Gasteiger partial charge in [0.05, 0.1) is 12.4 Å². The minimum Gasteiger partial charge on any atom is -0.338 e. The predicted octanol–water partition coefficient (Wildman–Crippen LogP) is -0.600. The standard InChI is InChI=1S/C7H10N3O/c1-10-5-9-3-7(10)2-6(8)4-11/h3,5-6H,2,8H2,1H3/t6-/m0/s1. The average molecular weight is 152 g/mol. The maximum atomic E-state index is 10.1. The van der Waals surface area contributed by atoms with E-state index < -0.39 is 6.04 Å². The van der Waals surface area contributed by atoms with Crippen LogP contribution in [0.25, 0.3) is 0 Å². The predicted molar refractivity (Wildman–Crippen MR) is 40.6 cm³/mol. The van der Waals surface area contributed by atoms with E-state index in [9.17, 15) is 4.79 Å². The summed E-state index contributed by atoms with van der Waals surface area (Å²) < 4.78 is 1.83. The van der Waals surface area contributed by atoms with E-state index in [1.165, 1.54) is 0 Å². The lowest BCUT2D eigenvalue weighted by molar-refractivity contribution is 0.539. The molecule has 0 spiro atoms. The first kappa shape index (κ1) is 7.94. The van der Waals surface area contributed by atoms with Crippen molar-refractivity contribution in [3.8, 4) is 0 Å². The summed E-state index contributed by atoms with van der Waals surface area (Å²) in [6.45, 7) is 0. The molecule has 1 rings (SSSR count). The topological polar surface area (TPSA) is 60.9 Å².